The van der Waals surface area contributed by atoms with Crippen molar-refractivity contribution in [1.82, 2.24) is 9.29 Å². The van der Waals surface area contributed by atoms with Gasteiger partial charge in [-0.1, -0.05) is 18.6 Å². The van der Waals surface area contributed by atoms with Crippen LogP contribution in [0, 0.1) is 0 Å². The van der Waals surface area contributed by atoms with Gasteiger partial charge in [0.2, 0.25) is 10.0 Å². The molecule has 156 valence electrons. The van der Waals surface area contributed by atoms with E-state index in [2.05, 4.69) is 4.98 Å². The van der Waals surface area contributed by atoms with E-state index in [0.717, 1.165) is 19.3 Å². The number of hydrogen-bond donors (Lipinski definition) is 1. The largest absolute Gasteiger partial charge is 0.497 e. The van der Waals surface area contributed by atoms with Crippen LogP contribution in [0.5, 0.6) is 5.75 Å². The van der Waals surface area contributed by atoms with Gasteiger partial charge in [0.05, 0.1) is 28.8 Å². The summed E-state index contributed by atoms with van der Waals surface area (Å²) in [5, 5.41) is 10.1. The van der Waals surface area contributed by atoms with Crippen molar-refractivity contribution in [2.75, 3.05) is 20.2 Å². The second-order valence-corrected chi connectivity index (χ2v) is 9.17. The number of nitrogens with zero attached hydrogens (tertiary/aromatic N) is 2. The summed E-state index contributed by atoms with van der Waals surface area (Å²) in [7, 11) is -2.12. The van der Waals surface area contributed by atoms with Crippen molar-refractivity contribution >= 4 is 26.9 Å². The van der Waals surface area contributed by atoms with Crippen molar-refractivity contribution in [3.63, 3.8) is 0 Å². The van der Waals surface area contributed by atoms with Crippen molar-refractivity contribution in [3.8, 4) is 17.0 Å². The van der Waals surface area contributed by atoms with Crippen LogP contribution in [0.3, 0.4) is 0 Å². The SMILES string of the molecule is COc1cccc(-c2cc(C(=O)O)c3cc(S(=O)(=O)N4CCCCC4)ccc3n2)c1. The molecule has 7 nitrogen and oxygen atoms in total. The number of methoxy groups -OCH3 is 1. The minimum absolute atomic E-state index is 0.00788. The highest BCUT2D eigenvalue weighted by Gasteiger charge is 2.27. The molecule has 3 aromatic rings. The zero-order valence-electron chi connectivity index (χ0n) is 16.5. The van der Waals surface area contributed by atoms with E-state index < -0.39 is 16.0 Å². The Labute approximate surface area is 175 Å². The maximum Gasteiger partial charge on any atom is 0.336 e. The highest BCUT2D eigenvalue weighted by atomic mass is 32.2. The summed E-state index contributed by atoms with van der Waals surface area (Å²) in [5.74, 6) is -0.506. The molecular weight excluding hydrogens is 404 g/mol. The molecule has 4 rings (SSSR count). The summed E-state index contributed by atoms with van der Waals surface area (Å²) >= 11 is 0. The number of carboxylic acid groups (broad SMARTS) is 1. The molecule has 30 heavy (non-hydrogen) atoms. The number of sulfonamides is 1. The molecule has 0 atom stereocenters. The van der Waals surface area contributed by atoms with Gasteiger partial charge in [-0.3, -0.25) is 0 Å². The standard InChI is InChI=1S/C22H22N2O5S/c1-29-16-7-5-6-15(12-16)21-14-19(22(25)26)18-13-17(8-9-20(18)23-21)30(27,28)24-10-3-2-4-11-24/h5-9,12-14H,2-4,10-11H2,1H3,(H,25,26). The summed E-state index contributed by atoms with van der Waals surface area (Å²) in [5.41, 5.74) is 1.62. The molecule has 0 bridgehead atoms. The Morgan fingerprint density at radius 3 is 2.53 bits per heavy atom. The predicted octanol–water partition coefficient (Wildman–Crippen LogP) is 3.78. The van der Waals surface area contributed by atoms with Gasteiger partial charge in [-0.05, 0) is 49.2 Å². The molecule has 2 aromatic carbocycles. The first-order chi connectivity index (χ1) is 14.4. The van der Waals surface area contributed by atoms with Gasteiger partial charge in [0.25, 0.3) is 0 Å². The number of aromatic nitrogens is 1. The Bertz CT molecular complexity index is 1220. The molecule has 0 aliphatic carbocycles. The lowest BCUT2D eigenvalue weighted by atomic mass is 10.0. The van der Waals surface area contributed by atoms with Crippen molar-refractivity contribution < 1.29 is 23.1 Å². The maximum absolute atomic E-state index is 13.0. The van der Waals surface area contributed by atoms with Crippen molar-refractivity contribution in [2.45, 2.75) is 24.2 Å². The van der Waals surface area contributed by atoms with Crippen LogP contribution in [0.4, 0.5) is 0 Å². The number of benzene rings is 2. The van der Waals surface area contributed by atoms with Gasteiger partial charge in [0, 0.05) is 24.0 Å². The molecular formula is C22H22N2O5S. The topological polar surface area (TPSA) is 96.8 Å². The smallest absolute Gasteiger partial charge is 0.336 e. The van der Waals surface area contributed by atoms with Crippen LogP contribution in [0.15, 0.2) is 53.4 Å². The number of ether oxygens (including phenoxy) is 1. The van der Waals surface area contributed by atoms with E-state index in [-0.39, 0.29) is 10.5 Å². The summed E-state index contributed by atoms with van der Waals surface area (Å²) < 4.78 is 32.7. The average molecular weight is 426 g/mol. The molecule has 2 heterocycles. The fourth-order valence-electron chi connectivity index (χ4n) is 3.73. The van der Waals surface area contributed by atoms with E-state index in [9.17, 15) is 18.3 Å². The van der Waals surface area contributed by atoms with Crippen LogP contribution in [0.1, 0.15) is 29.6 Å². The van der Waals surface area contributed by atoms with Gasteiger partial charge < -0.3 is 9.84 Å². The normalized spacial score (nSPS) is 15.2. The van der Waals surface area contributed by atoms with Crippen LogP contribution >= 0.6 is 0 Å². The van der Waals surface area contributed by atoms with Crippen LogP contribution in [0.2, 0.25) is 0 Å². The van der Waals surface area contributed by atoms with Crippen molar-refractivity contribution in [3.05, 3.63) is 54.1 Å². The fraction of sp³-hybridized carbons (Fsp3) is 0.273. The minimum atomic E-state index is -3.67. The highest BCUT2D eigenvalue weighted by Crippen LogP contribution is 2.30. The summed E-state index contributed by atoms with van der Waals surface area (Å²) in [6, 6.07) is 13.1. The molecule has 1 fully saturated rings. The summed E-state index contributed by atoms with van der Waals surface area (Å²) in [6.07, 6.45) is 2.68. The molecule has 1 aromatic heterocycles. The Balaban J connectivity index is 1.84. The lowest BCUT2D eigenvalue weighted by Gasteiger charge is -2.26. The quantitative estimate of drug-likeness (QED) is 0.667. The van der Waals surface area contributed by atoms with Gasteiger partial charge in [-0.2, -0.15) is 4.31 Å². The van der Waals surface area contributed by atoms with Crippen molar-refractivity contribution in [2.24, 2.45) is 0 Å². The Morgan fingerprint density at radius 1 is 1.07 bits per heavy atom. The Kier molecular flexibility index (Phi) is 5.44. The number of hydrogen-bond acceptors (Lipinski definition) is 5. The van der Waals surface area contributed by atoms with E-state index in [1.54, 1.807) is 31.4 Å². The second kappa shape index (κ2) is 8.04. The molecule has 1 aliphatic rings. The number of pyridine rings is 1. The number of carbonyl (C=O) groups is 1. The molecule has 0 spiro atoms. The number of piperidine rings is 1. The van der Waals surface area contributed by atoms with E-state index in [1.165, 1.54) is 22.5 Å². The van der Waals surface area contributed by atoms with E-state index >= 15 is 0 Å². The highest BCUT2D eigenvalue weighted by molar-refractivity contribution is 7.89. The lowest BCUT2D eigenvalue weighted by Crippen LogP contribution is -2.35. The molecule has 0 saturated carbocycles. The second-order valence-electron chi connectivity index (χ2n) is 7.24. The predicted molar refractivity (Wildman–Crippen MR) is 113 cm³/mol. The first-order valence-corrected chi connectivity index (χ1v) is 11.2. The van der Waals surface area contributed by atoms with E-state index in [1.807, 2.05) is 6.07 Å². The van der Waals surface area contributed by atoms with Gasteiger partial charge in [-0.15, -0.1) is 0 Å². The molecule has 0 amide bonds. The van der Waals surface area contributed by atoms with Crippen LogP contribution in [-0.2, 0) is 10.0 Å². The van der Waals surface area contributed by atoms with Gasteiger partial charge >= 0.3 is 5.97 Å². The number of aromatic carboxylic acids is 1. The summed E-state index contributed by atoms with van der Waals surface area (Å²) in [4.78, 5) is 16.6. The first kappa shape index (κ1) is 20.3. The molecule has 1 aliphatic heterocycles. The Hall–Kier alpha value is -2.97. The first-order valence-electron chi connectivity index (χ1n) is 9.73. The van der Waals surface area contributed by atoms with Crippen LogP contribution < -0.4 is 4.74 Å². The molecule has 1 saturated heterocycles. The number of fused-ring (bicyclic) bond motifs is 1. The monoisotopic (exact) mass is 426 g/mol. The van der Waals surface area contributed by atoms with E-state index in [0.29, 0.717) is 41.0 Å². The third kappa shape index (κ3) is 3.76. The number of rotatable bonds is 5. The Morgan fingerprint density at radius 2 is 1.83 bits per heavy atom. The van der Waals surface area contributed by atoms with Crippen molar-refractivity contribution in [1.29, 1.82) is 0 Å². The van der Waals surface area contributed by atoms with Crippen LogP contribution in [-0.4, -0.2) is 49.0 Å². The summed E-state index contributed by atoms with van der Waals surface area (Å²) in [6.45, 7) is 0.971. The van der Waals surface area contributed by atoms with Crippen LogP contribution in [0.25, 0.3) is 22.2 Å². The van der Waals surface area contributed by atoms with Gasteiger partial charge in [-0.25, -0.2) is 18.2 Å². The van der Waals surface area contributed by atoms with E-state index in [4.69, 9.17) is 4.74 Å². The zero-order chi connectivity index (χ0) is 21.3. The minimum Gasteiger partial charge on any atom is -0.497 e. The zero-order valence-corrected chi connectivity index (χ0v) is 17.4. The third-order valence-electron chi connectivity index (χ3n) is 5.33. The molecule has 0 radical (unpaired) electrons. The van der Waals surface area contributed by atoms with Gasteiger partial charge in [0.1, 0.15) is 5.75 Å². The molecule has 0 unspecified atom stereocenters. The lowest BCUT2D eigenvalue weighted by molar-refractivity contribution is 0.0699. The maximum atomic E-state index is 13.0. The number of carboxylic acids is 1. The third-order valence-corrected chi connectivity index (χ3v) is 7.22. The average Bonchev–Trinajstić information content (AvgIpc) is 2.78. The molecule has 8 heteroatoms. The molecule has 1 N–H and O–H groups in total. The fourth-order valence-corrected chi connectivity index (χ4v) is 5.27. The van der Waals surface area contributed by atoms with Gasteiger partial charge in [0.15, 0.2) is 0 Å².